The minimum atomic E-state index is -4.76. The largest absolute Gasteiger partial charge is 0.573 e. The van der Waals surface area contributed by atoms with Crippen molar-refractivity contribution in [1.82, 2.24) is 14.8 Å². The molecule has 0 saturated heterocycles. The first-order valence-corrected chi connectivity index (χ1v) is 9.52. The number of anilines is 1. The topological polar surface area (TPSA) is 69.0 Å². The highest BCUT2D eigenvalue weighted by molar-refractivity contribution is 7.99. The number of nitrogens with zero attached hydrogens (tertiary/aromatic N) is 3. The number of hydrogen-bond acceptors (Lipinski definition) is 5. The number of amides is 1. The molecule has 1 aromatic heterocycles. The zero-order valence-corrected chi connectivity index (χ0v) is 16.5. The van der Waals surface area contributed by atoms with Crippen LogP contribution in [0.4, 0.5) is 18.9 Å². The summed E-state index contributed by atoms with van der Waals surface area (Å²) in [5.41, 5.74) is 2.04. The molecule has 0 saturated carbocycles. The maximum absolute atomic E-state index is 12.2. The molecule has 152 valence electrons. The quantitative estimate of drug-likeness (QED) is 0.552. The van der Waals surface area contributed by atoms with Crippen LogP contribution < -0.4 is 10.1 Å². The van der Waals surface area contributed by atoms with Gasteiger partial charge in [-0.1, -0.05) is 29.4 Å². The number of thioether (sulfide) groups is 1. The van der Waals surface area contributed by atoms with Gasteiger partial charge in [0, 0.05) is 10.7 Å². The standard InChI is InChI=1S/C18H14ClF3N4O2S/c1-11-2-5-13(8-15(11)19)26-10-23-25-17(26)29-9-16(27)24-12-3-6-14(7-4-12)28-18(20,21)22/h2-8,10H,9H2,1H3,(H,24,27). The monoisotopic (exact) mass is 442 g/mol. The van der Waals surface area contributed by atoms with E-state index < -0.39 is 6.36 Å². The summed E-state index contributed by atoms with van der Waals surface area (Å²) < 4.78 is 42.0. The average Bonchev–Trinajstić information content (AvgIpc) is 3.11. The van der Waals surface area contributed by atoms with Crippen LogP contribution in [-0.4, -0.2) is 32.8 Å². The second-order valence-corrected chi connectivity index (χ2v) is 7.18. The Morgan fingerprint density at radius 1 is 1.24 bits per heavy atom. The van der Waals surface area contributed by atoms with Crippen molar-refractivity contribution >= 4 is 35.0 Å². The molecule has 11 heteroatoms. The number of benzene rings is 2. The van der Waals surface area contributed by atoms with Gasteiger partial charge in [-0.05, 0) is 48.9 Å². The molecule has 1 heterocycles. The molecule has 0 aliphatic heterocycles. The number of ether oxygens (including phenoxy) is 1. The average molecular weight is 443 g/mol. The van der Waals surface area contributed by atoms with Crippen molar-refractivity contribution in [3.8, 4) is 11.4 Å². The first-order valence-electron chi connectivity index (χ1n) is 8.16. The Hall–Kier alpha value is -2.72. The fourth-order valence-electron chi connectivity index (χ4n) is 2.30. The molecular formula is C18H14ClF3N4O2S. The van der Waals surface area contributed by atoms with Crippen LogP contribution in [-0.2, 0) is 4.79 Å². The number of aromatic nitrogens is 3. The molecule has 3 aromatic rings. The van der Waals surface area contributed by atoms with Crippen LogP contribution in [0.2, 0.25) is 5.02 Å². The Kier molecular flexibility index (Phi) is 6.33. The van der Waals surface area contributed by atoms with E-state index in [1.54, 1.807) is 10.6 Å². The predicted octanol–water partition coefficient (Wildman–Crippen LogP) is 4.86. The Labute approximate surface area is 173 Å². The van der Waals surface area contributed by atoms with Crippen molar-refractivity contribution < 1.29 is 22.7 Å². The molecule has 1 amide bonds. The second-order valence-electron chi connectivity index (χ2n) is 5.83. The van der Waals surface area contributed by atoms with Gasteiger partial charge in [-0.25, -0.2) is 0 Å². The Morgan fingerprint density at radius 3 is 2.62 bits per heavy atom. The molecule has 3 rings (SSSR count). The van der Waals surface area contributed by atoms with Crippen molar-refractivity contribution in [2.75, 3.05) is 11.1 Å². The van der Waals surface area contributed by atoms with Crippen LogP contribution >= 0.6 is 23.4 Å². The van der Waals surface area contributed by atoms with Crippen LogP contribution in [0.3, 0.4) is 0 Å². The molecule has 0 fully saturated rings. The molecule has 1 N–H and O–H groups in total. The van der Waals surface area contributed by atoms with Crippen LogP contribution in [0.1, 0.15) is 5.56 Å². The minimum Gasteiger partial charge on any atom is -0.406 e. The zero-order valence-electron chi connectivity index (χ0n) is 14.9. The van der Waals surface area contributed by atoms with E-state index in [9.17, 15) is 18.0 Å². The van der Waals surface area contributed by atoms with E-state index in [2.05, 4.69) is 20.3 Å². The van der Waals surface area contributed by atoms with Gasteiger partial charge in [0.2, 0.25) is 5.91 Å². The summed E-state index contributed by atoms with van der Waals surface area (Å²) in [5.74, 6) is -0.690. The van der Waals surface area contributed by atoms with E-state index in [-0.39, 0.29) is 17.4 Å². The summed E-state index contributed by atoms with van der Waals surface area (Å²) in [5, 5.41) is 11.6. The van der Waals surface area contributed by atoms with E-state index in [0.717, 1.165) is 35.1 Å². The fourth-order valence-corrected chi connectivity index (χ4v) is 3.20. The molecule has 0 bridgehead atoms. The summed E-state index contributed by atoms with van der Waals surface area (Å²) in [6, 6.07) is 10.4. The number of carbonyl (C=O) groups excluding carboxylic acids is 1. The summed E-state index contributed by atoms with van der Waals surface area (Å²) in [7, 11) is 0. The molecule has 0 atom stereocenters. The number of aryl methyl sites for hydroxylation is 1. The first-order chi connectivity index (χ1) is 13.7. The highest BCUT2D eigenvalue weighted by Gasteiger charge is 2.30. The van der Waals surface area contributed by atoms with Gasteiger partial charge < -0.3 is 10.1 Å². The van der Waals surface area contributed by atoms with Gasteiger partial charge in [0.05, 0.1) is 11.4 Å². The third-order valence-corrected chi connectivity index (χ3v) is 5.00. The van der Waals surface area contributed by atoms with Crippen LogP contribution in [0.5, 0.6) is 5.75 Å². The molecule has 0 aliphatic rings. The van der Waals surface area contributed by atoms with Crippen LogP contribution in [0, 0.1) is 6.92 Å². The van der Waals surface area contributed by atoms with Crippen LogP contribution in [0.25, 0.3) is 5.69 Å². The molecule has 29 heavy (non-hydrogen) atoms. The number of carbonyl (C=O) groups is 1. The number of nitrogens with one attached hydrogen (secondary N) is 1. The van der Waals surface area contributed by atoms with Gasteiger partial charge in [0.15, 0.2) is 5.16 Å². The third kappa shape index (κ3) is 5.88. The fraction of sp³-hybridized carbons (Fsp3) is 0.167. The van der Waals surface area contributed by atoms with Crippen molar-refractivity contribution in [3.63, 3.8) is 0 Å². The predicted molar refractivity (Wildman–Crippen MR) is 104 cm³/mol. The lowest BCUT2D eigenvalue weighted by Crippen LogP contribution is -2.17. The van der Waals surface area contributed by atoms with Crippen molar-refractivity contribution in [2.24, 2.45) is 0 Å². The Balaban J connectivity index is 1.59. The molecule has 0 aliphatic carbocycles. The van der Waals surface area contributed by atoms with Crippen molar-refractivity contribution in [3.05, 3.63) is 59.4 Å². The van der Waals surface area contributed by atoms with Gasteiger partial charge in [-0.3, -0.25) is 9.36 Å². The third-order valence-electron chi connectivity index (χ3n) is 3.65. The lowest BCUT2D eigenvalue weighted by molar-refractivity contribution is -0.274. The van der Waals surface area contributed by atoms with Gasteiger partial charge in [-0.15, -0.1) is 23.4 Å². The number of rotatable bonds is 6. The van der Waals surface area contributed by atoms with Gasteiger partial charge in [-0.2, -0.15) is 0 Å². The Bertz CT molecular complexity index is 1010. The SMILES string of the molecule is Cc1ccc(-n2cnnc2SCC(=O)Nc2ccc(OC(F)(F)F)cc2)cc1Cl. The van der Waals surface area contributed by atoms with E-state index in [1.807, 2.05) is 19.1 Å². The summed E-state index contributed by atoms with van der Waals surface area (Å²) >= 11 is 7.31. The van der Waals surface area contributed by atoms with Gasteiger partial charge >= 0.3 is 6.36 Å². The highest BCUT2D eigenvalue weighted by Crippen LogP contribution is 2.25. The first kappa shape index (κ1) is 21.0. The van der Waals surface area contributed by atoms with E-state index in [0.29, 0.717) is 15.9 Å². The maximum Gasteiger partial charge on any atom is 0.573 e. The molecular weight excluding hydrogens is 429 g/mol. The molecule has 0 unspecified atom stereocenters. The number of halogens is 4. The summed E-state index contributed by atoms with van der Waals surface area (Å²) in [6.07, 6.45) is -3.25. The van der Waals surface area contributed by atoms with Crippen molar-refractivity contribution in [1.29, 1.82) is 0 Å². The van der Waals surface area contributed by atoms with E-state index in [4.69, 9.17) is 11.6 Å². The van der Waals surface area contributed by atoms with Gasteiger partial charge in [0.25, 0.3) is 0 Å². The maximum atomic E-state index is 12.2. The lowest BCUT2D eigenvalue weighted by atomic mass is 10.2. The lowest BCUT2D eigenvalue weighted by Gasteiger charge is -2.10. The highest BCUT2D eigenvalue weighted by atomic mass is 35.5. The van der Waals surface area contributed by atoms with Crippen LogP contribution in [0.15, 0.2) is 53.9 Å². The minimum absolute atomic E-state index is 0.0269. The normalized spacial score (nSPS) is 11.3. The number of hydrogen-bond donors (Lipinski definition) is 1. The smallest absolute Gasteiger partial charge is 0.406 e. The molecule has 6 nitrogen and oxygen atoms in total. The number of alkyl halides is 3. The van der Waals surface area contributed by atoms with Crippen molar-refractivity contribution in [2.45, 2.75) is 18.4 Å². The Morgan fingerprint density at radius 2 is 1.97 bits per heavy atom. The molecule has 0 spiro atoms. The molecule has 2 aromatic carbocycles. The zero-order chi connectivity index (χ0) is 21.0. The second kappa shape index (κ2) is 8.75. The van der Waals surface area contributed by atoms with E-state index in [1.165, 1.54) is 18.5 Å². The van der Waals surface area contributed by atoms with Gasteiger partial charge in [0.1, 0.15) is 12.1 Å². The summed E-state index contributed by atoms with van der Waals surface area (Å²) in [4.78, 5) is 12.1. The van der Waals surface area contributed by atoms with E-state index >= 15 is 0 Å². The molecule has 0 radical (unpaired) electrons. The summed E-state index contributed by atoms with van der Waals surface area (Å²) in [6.45, 7) is 1.89.